The summed E-state index contributed by atoms with van der Waals surface area (Å²) in [5.74, 6) is -1.09. The van der Waals surface area contributed by atoms with Crippen molar-refractivity contribution in [2.75, 3.05) is 64.4 Å². The number of amides is 1. The molecule has 1 amide bonds. The maximum atomic E-state index is 15.1. The Morgan fingerprint density at radius 2 is 1.70 bits per heavy atom. The number of rotatable bonds is 10. The molecule has 3 N–H and O–H groups in total. The number of nitrogens with two attached hydrogens (primary N) is 1. The van der Waals surface area contributed by atoms with Gasteiger partial charge in [0.2, 0.25) is 11.9 Å². The molecule has 4 rings (SSSR count). The average Bonchev–Trinajstić information content (AvgIpc) is 2.95. The molecule has 218 valence electrons. The number of methoxy groups -OCH3 is 2. The molecule has 2 aromatic carbocycles. The van der Waals surface area contributed by atoms with Crippen LogP contribution in [0.15, 0.2) is 30.3 Å². The number of hydrogen-bond acceptors (Lipinski definition) is 8. The van der Waals surface area contributed by atoms with Crippen LogP contribution in [0.4, 0.5) is 29.3 Å². The topological polar surface area (TPSA) is 106 Å². The van der Waals surface area contributed by atoms with Gasteiger partial charge in [0.25, 0.3) is 0 Å². The normalized spacial score (nSPS) is 14.3. The lowest BCUT2D eigenvalue weighted by atomic mass is 10.0. The molecule has 0 radical (unpaired) electrons. The Bertz CT molecular complexity index is 1310. The third kappa shape index (κ3) is 6.58. The van der Waals surface area contributed by atoms with Gasteiger partial charge in [0.05, 0.1) is 20.3 Å². The van der Waals surface area contributed by atoms with E-state index in [1.807, 2.05) is 0 Å². The number of hydrogen-bond donors (Lipinski definition) is 2. The number of aromatic nitrogens is 2. The standard InChI is InChI=1S/C26H30F4N6O3.ClH/c1-38-20-11-18-23(22(30)24(20)39-2)33-26(34-25(18)31)36-9-7-35(8-10-36)21(37)12-19(32-17(13-27)14-28)15-3-5-16(29)6-4-15;/h3-6,11,17,19,32H,7-10,12-14H2,1-2H3,(H2,31,33,34);1H. The van der Waals surface area contributed by atoms with E-state index < -0.39 is 37.1 Å². The first kappa shape index (κ1) is 31.0. The van der Waals surface area contributed by atoms with Crippen molar-refractivity contribution < 1.29 is 31.8 Å². The molecule has 0 bridgehead atoms. The van der Waals surface area contributed by atoms with Gasteiger partial charge in [-0.1, -0.05) is 12.1 Å². The highest BCUT2D eigenvalue weighted by molar-refractivity contribution is 5.92. The molecule has 2 heterocycles. The summed E-state index contributed by atoms with van der Waals surface area (Å²) in [5, 5.41) is 3.10. The Morgan fingerprint density at radius 1 is 1.05 bits per heavy atom. The first-order valence-electron chi connectivity index (χ1n) is 12.3. The van der Waals surface area contributed by atoms with E-state index in [-0.39, 0.29) is 58.9 Å². The first-order valence-corrected chi connectivity index (χ1v) is 12.3. The summed E-state index contributed by atoms with van der Waals surface area (Å²) >= 11 is 0. The fourth-order valence-electron chi connectivity index (χ4n) is 4.52. The summed E-state index contributed by atoms with van der Waals surface area (Å²) in [6.07, 6.45) is -0.0750. The summed E-state index contributed by atoms with van der Waals surface area (Å²) in [5.41, 5.74) is 6.65. The van der Waals surface area contributed by atoms with Gasteiger partial charge in [-0.3, -0.25) is 4.79 Å². The van der Waals surface area contributed by atoms with Gasteiger partial charge in [-0.25, -0.2) is 22.5 Å². The lowest BCUT2D eigenvalue weighted by molar-refractivity contribution is -0.132. The second-order valence-corrected chi connectivity index (χ2v) is 9.08. The molecule has 0 aliphatic carbocycles. The first-order chi connectivity index (χ1) is 18.8. The van der Waals surface area contributed by atoms with Gasteiger partial charge >= 0.3 is 0 Å². The summed E-state index contributed by atoms with van der Waals surface area (Å²) in [6, 6.07) is 5.15. The Kier molecular flexibility index (Phi) is 10.6. The number of ether oxygens (including phenoxy) is 2. The molecule has 3 aromatic rings. The van der Waals surface area contributed by atoms with Crippen molar-refractivity contribution in [1.82, 2.24) is 20.2 Å². The number of carbonyl (C=O) groups is 1. The van der Waals surface area contributed by atoms with Crippen molar-refractivity contribution in [2.24, 2.45) is 0 Å². The molecule has 9 nitrogen and oxygen atoms in total. The molecule has 1 unspecified atom stereocenters. The fraction of sp³-hybridized carbons (Fsp3) is 0.423. The van der Waals surface area contributed by atoms with Gasteiger partial charge in [0.15, 0.2) is 17.3 Å². The SMILES string of the molecule is COc1cc2c(N)nc(N3CCN(C(=O)CC(NC(CF)CF)c4ccc(F)cc4)CC3)nc2c(F)c1OC.Cl. The van der Waals surface area contributed by atoms with E-state index in [9.17, 15) is 18.0 Å². The van der Waals surface area contributed by atoms with E-state index in [0.29, 0.717) is 31.7 Å². The lowest BCUT2D eigenvalue weighted by Gasteiger charge is -2.36. The number of fused-ring (bicyclic) bond motifs is 1. The van der Waals surface area contributed by atoms with Crippen molar-refractivity contribution >= 4 is 41.0 Å². The predicted molar refractivity (Wildman–Crippen MR) is 146 cm³/mol. The Morgan fingerprint density at radius 3 is 2.27 bits per heavy atom. The van der Waals surface area contributed by atoms with E-state index in [1.54, 1.807) is 9.80 Å². The van der Waals surface area contributed by atoms with Crippen molar-refractivity contribution in [3.63, 3.8) is 0 Å². The highest BCUT2D eigenvalue weighted by Crippen LogP contribution is 2.37. The molecular formula is C26H31ClF4N6O3. The molecule has 14 heteroatoms. The van der Waals surface area contributed by atoms with Crippen LogP contribution in [-0.4, -0.2) is 80.6 Å². The second kappa shape index (κ2) is 13.7. The van der Waals surface area contributed by atoms with Crippen molar-refractivity contribution in [3.05, 3.63) is 47.5 Å². The second-order valence-electron chi connectivity index (χ2n) is 9.08. The molecular weight excluding hydrogens is 556 g/mol. The van der Waals surface area contributed by atoms with E-state index in [2.05, 4.69) is 15.3 Å². The molecule has 1 aromatic heterocycles. The Balaban J connectivity index is 0.00000441. The van der Waals surface area contributed by atoms with Crippen molar-refractivity contribution in [3.8, 4) is 11.5 Å². The molecule has 0 spiro atoms. The van der Waals surface area contributed by atoms with E-state index in [1.165, 1.54) is 44.6 Å². The summed E-state index contributed by atoms with van der Waals surface area (Å²) in [7, 11) is 2.70. The highest BCUT2D eigenvalue weighted by atomic mass is 35.5. The molecule has 1 atom stereocenters. The van der Waals surface area contributed by atoms with Crippen molar-refractivity contribution in [2.45, 2.75) is 18.5 Å². The number of carbonyl (C=O) groups excluding carboxylic acids is 1. The van der Waals surface area contributed by atoms with Gasteiger partial charge in [-0.05, 0) is 23.8 Å². The fourth-order valence-corrected chi connectivity index (χ4v) is 4.52. The van der Waals surface area contributed by atoms with Crippen molar-refractivity contribution in [1.29, 1.82) is 0 Å². The van der Waals surface area contributed by atoms with E-state index in [0.717, 1.165) is 0 Å². The Labute approximate surface area is 235 Å². The lowest BCUT2D eigenvalue weighted by Crippen LogP contribution is -2.50. The van der Waals surface area contributed by atoms with Crippen LogP contribution in [0.2, 0.25) is 0 Å². The summed E-state index contributed by atoms with van der Waals surface area (Å²) < 4.78 is 65.3. The highest BCUT2D eigenvalue weighted by Gasteiger charge is 2.28. The minimum atomic E-state index is -1.08. The molecule has 1 aliphatic rings. The monoisotopic (exact) mass is 586 g/mol. The van der Waals surface area contributed by atoms with Crippen LogP contribution < -0.4 is 25.4 Å². The van der Waals surface area contributed by atoms with Gasteiger partial charge in [0, 0.05) is 44.0 Å². The van der Waals surface area contributed by atoms with Crippen LogP contribution in [0.5, 0.6) is 11.5 Å². The van der Waals surface area contributed by atoms with Crippen LogP contribution >= 0.6 is 12.4 Å². The summed E-state index contributed by atoms with van der Waals surface area (Å²) in [4.78, 5) is 25.2. The smallest absolute Gasteiger partial charge is 0.228 e. The van der Waals surface area contributed by atoms with Gasteiger partial charge < -0.3 is 30.3 Å². The Hall–Kier alpha value is -3.58. The summed E-state index contributed by atoms with van der Waals surface area (Å²) in [6.45, 7) is -0.597. The van der Waals surface area contributed by atoms with Crippen LogP contribution in [-0.2, 0) is 4.79 Å². The van der Waals surface area contributed by atoms with Gasteiger partial charge in [-0.2, -0.15) is 4.98 Å². The molecule has 1 saturated heterocycles. The number of alkyl halides is 2. The minimum Gasteiger partial charge on any atom is -0.493 e. The zero-order valence-corrected chi connectivity index (χ0v) is 22.8. The third-order valence-electron chi connectivity index (χ3n) is 6.67. The number of nitrogens with one attached hydrogen (secondary N) is 1. The van der Waals surface area contributed by atoms with Crippen LogP contribution in [0.3, 0.4) is 0 Å². The predicted octanol–water partition coefficient (Wildman–Crippen LogP) is 3.61. The number of nitrogens with zero attached hydrogens (tertiary/aromatic N) is 4. The molecule has 40 heavy (non-hydrogen) atoms. The maximum Gasteiger partial charge on any atom is 0.228 e. The van der Waals surface area contributed by atoms with Gasteiger partial charge in [-0.15, -0.1) is 12.4 Å². The number of nitrogen functional groups attached to an aromatic ring is 1. The van der Waals surface area contributed by atoms with E-state index >= 15 is 4.39 Å². The van der Waals surface area contributed by atoms with Crippen LogP contribution in [0.1, 0.15) is 18.0 Å². The molecule has 1 aliphatic heterocycles. The quantitative estimate of drug-likeness (QED) is 0.347. The van der Waals surface area contributed by atoms with Gasteiger partial charge in [0.1, 0.15) is 30.5 Å². The molecule has 1 fully saturated rings. The van der Waals surface area contributed by atoms with Crippen LogP contribution in [0, 0.1) is 11.6 Å². The average molecular weight is 587 g/mol. The largest absolute Gasteiger partial charge is 0.493 e. The zero-order chi connectivity index (χ0) is 28.1. The molecule has 0 saturated carbocycles. The third-order valence-corrected chi connectivity index (χ3v) is 6.67. The number of piperazine rings is 1. The number of halogens is 5. The zero-order valence-electron chi connectivity index (χ0n) is 22.0. The maximum absolute atomic E-state index is 15.1. The number of anilines is 2. The van der Waals surface area contributed by atoms with Crippen LogP contribution in [0.25, 0.3) is 10.9 Å². The van der Waals surface area contributed by atoms with E-state index in [4.69, 9.17) is 15.2 Å². The minimum absolute atomic E-state index is 0. The number of benzene rings is 2.